The first kappa shape index (κ1) is 30.5. The number of nitrogens with zero attached hydrogens (tertiary/aromatic N) is 2. The average molecular weight is 591 g/mol. The van der Waals surface area contributed by atoms with Crippen molar-refractivity contribution in [1.82, 2.24) is 10.2 Å². The fourth-order valence-corrected chi connectivity index (χ4v) is 5.54. The van der Waals surface area contributed by atoms with Gasteiger partial charge in [0.05, 0.1) is 11.9 Å². The predicted octanol–water partition coefficient (Wildman–Crippen LogP) is 5.23. The molecule has 3 rings (SSSR count). The smallest absolute Gasteiger partial charge is 0.244 e. The Morgan fingerprint density at radius 3 is 2.10 bits per heavy atom. The number of halogens is 2. The van der Waals surface area contributed by atoms with Crippen molar-refractivity contribution in [1.29, 1.82) is 0 Å². The lowest BCUT2D eigenvalue weighted by molar-refractivity contribution is -0.140. The molecule has 39 heavy (non-hydrogen) atoms. The molecular formula is C29H33Cl2N3O4S. The van der Waals surface area contributed by atoms with Crippen molar-refractivity contribution < 1.29 is 18.0 Å². The van der Waals surface area contributed by atoms with Crippen LogP contribution in [0.3, 0.4) is 0 Å². The number of carbonyl (C=O) groups is 2. The molecule has 0 aliphatic heterocycles. The van der Waals surface area contributed by atoms with Gasteiger partial charge in [0, 0.05) is 34.6 Å². The van der Waals surface area contributed by atoms with Crippen LogP contribution in [0, 0.1) is 6.92 Å². The van der Waals surface area contributed by atoms with Gasteiger partial charge in [0.15, 0.2) is 0 Å². The topological polar surface area (TPSA) is 86.8 Å². The Bertz CT molecular complexity index is 1390. The summed E-state index contributed by atoms with van der Waals surface area (Å²) >= 11 is 12.9. The molecule has 0 spiro atoms. The molecule has 0 saturated heterocycles. The van der Waals surface area contributed by atoms with Crippen LogP contribution in [0.2, 0.25) is 10.0 Å². The highest BCUT2D eigenvalue weighted by Crippen LogP contribution is 2.28. The highest BCUT2D eigenvalue weighted by Gasteiger charge is 2.34. The quantitative estimate of drug-likeness (QED) is 0.331. The van der Waals surface area contributed by atoms with Crippen LogP contribution < -0.4 is 9.62 Å². The normalized spacial score (nSPS) is 12.2. The molecule has 0 bridgehead atoms. The van der Waals surface area contributed by atoms with Gasteiger partial charge in [-0.1, -0.05) is 71.7 Å². The zero-order valence-corrected chi connectivity index (χ0v) is 24.7. The number of hydrogen-bond acceptors (Lipinski definition) is 4. The number of hydrogen-bond donors (Lipinski definition) is 1. The lowest BCUT2D eigenvalue weighted by Gasteiger charge is -2.34. The van der Waals surface area contributed by atoms with Crippen molar-refractivity contribution in [2.24, 2.45) is 0 Å². The highest BCUT2D eigenvalue weighted by molar-refractivity contribution is 7.92. The van der Waals surface area contributed by atoms with Gasteiger partial charge in [0.25, 0.3) is 0 Å². The van der Waals surface area contributed by atoms with E-state index in [1.165, 1.54) is 4.90 Å². The van der Waals surface area contributed by atoms with Gasteiger partial charge in [-0.2, -0.15) is 0 Å². The van der Waals surface area contributed by atoms with E-state index in [4.69, 9.17) is 23.2 Å². The highest BCUT2D eigenvalue weighted by atomic mass is 35.5. The molecule has 0 saturated carbocycles. The van der Waals surface area contributed by atoms with Crippen molar-refractivity contribution in [2.75, 3.05) is 17.1 Å². The van der Waals surface area contributed by atoms with Gasteiger partial charge in [-0.05, 0) is 56.2 Å². The summed E-state index contributed by atoms with van der Waals surface area (Å²) in [5.74, 6) is -0.940. The molecule has 0 aliphatic carbocycles. The van der Waals surface area contributed by atoms with Gasteiger partial charge in [-0.3, -0.25) is 13.9 Å². The summed E-state index contributed by atoms with van der Waals surface area (Å²) in [6.07, 6.45) is 1.25. The fourth-order valence-electron chi connectivity index (χ4n) is 4.19. The molecule has 3 aromatic rings. The fraction of sp³-hybridized carbons (Fsp3) is 0.310. The van der Waals surface area contributed by atoms with Crippen LogP contribution in [-0.2, 0) is 32.6 Å². The molecule has 0 unspecified atom stereocenters. The Morgan fingerprint density at radius 1 is 0.923 bits per heavy atom. The van der Waals surface area contributed by atoms with Gasteiger partial charge in [0.1, 0.15) is 12.6 Å². The Balaban J connectivity index is 2.10. The van der Waals surface area contributed by atoms with Crippen molar-refractivity contribution in [3.8, 4) is 0 Å². The number of sulfonamides is 1. The minimum Gasteiger partial charge on any atom is -0.352 e. The summed E-state index contributed by atoms with van der Waals surface area (Å²) in [7, 11) is -3.84. The van der Waals surface area contributed by atoms with Crippen LogP contribution in [0.25, 0.3) is 0 Å². The summed E-state index contributed by atoms with van der Waals surface area (Å²) in [5.41, 5.74) is 2.49. The lowest BCUT2D eigenvalue weighted by atomic mass is 10.0. The van der Waals surface area contributed by atoms with Gasteiger partial charge in [-0.25, -0.2) is 8.42 Å². The number of benzene rings is 3. The van der Waals surface area contributed by atoms with E-state index < -0.39 is 28.5 Å². The van der Waals surface area contributed by atoms with E-state index in [2.05, 4.69) is 5.32 Å². The van der Waals surface area contributed by atoms with Crippen LogP contribution in [0.5, 0.6) is 0 Å². The maximum atomic E-state index is 14.1. The summed E-state index contributed by atoms with van der Waals surface area (Å²) in [4.78, 5) is 29.0. The molecule has 208 valence electrons. The first-order valence-corrected chi connectivity index (χ1v) is 15.1. The number of anilines is 1. The molecule has 0 aromatic heterocycles. The minimum atomic E-state index is -3.84. The van der Waals surface area contributed by atoms with E-state index in [0.29, 0.717) is 21.3 Å². The molecule has 1 N–H and O–H groups in total. The molecule has 0 aliphatic rings. The number of nitrogens with one attached hydrogen (secondary N) is 1. The summed E-state index contributed by atoms with van der Waals surface area (Å²) < 4.78 is 26.7. The van der Waals surface area contributed by atoms with Crippen molar-refractivity contribution in [3.63, 3.8) is 0 Å². The van der Waals surface area contributed by atoms with Crippen molar-refractivity contribution in [3.05, 3.63) is 99.5 Å². The Kier molecular flexibility index (Phi) is 10.4. The number of amides is 2. The van der Waals surface area contributed by atoms with Crippen LogP contribution in [0.4, 0.5) is 5.69 Å². The maximum Gasteiger partial charge on any atom is 0.244 e. The van der Waals surface area contributed by atoms with Crippen LogP contribution in [0.15, 0.2) is 72.8 Å². The maximum absolute atomic E-state index is 14.1. The second kappa shape index (κ2) is 13.3. The number of carbonyl (C=O) groups excluding carboxylic acids is 2. The van der Waals surface area contributed by atoms with Gasteiger partial charge >= 0.3 is 0 Å². The molecule has 3 aromatic carbocycles. The van der Waals surface area contributed by atoms with E-state index in [-0.39, 0.29) is 24.9 Å². The summed E-state index contributed by atoms with van der Waals surface area (Å²) in [5, 5.41) is 3.58. The standard InChI is InChI=1S/C29H33Cl2N3O4S/c1-20(2)32-29(36)27(17-22-11-6-5-7-12-22)33(18-24-25(30)14-9-15-26(24)31)28(35)19-34(39(4,37)38)23-13-8-10-21(3)16-23/h5-16,20,27H,17-19H2,1-4H3,(H,32,36)/t27-/m1/s1. The van der Waals surface area contributed by atoms with Gasteiger partial charge < -0.3 is 10.2 Å². The molecule has 1 atom stereocenters. The monoisotopic (exact) mass is 589 g/mol. The average Bonchev–Trinajstić information content (AvgIpc) is 2.85. The zero-order chi connectivity index (χ0) is 28.7. The predicted molar refractivity (Wildman–Crippen MR) is 158 cm³/mol. The van der Waals surface area contributed by atoms with E-state index in [1.54, 1.807) is 36.4 Å². The van der Waals surface area contributed by atoms with Crippen LogP contribution >= 0.6 is 23.2 Å². The minimum absolute atomic E-state index is 0.0915. The SMILES string of the molecule is Cc1cccc(N(CC(=O)N(Cc2c(Cl)cccc2Cl)[C@H](Cc2ccccc2)C(=O)NC(C)C)S(C)(=O)=O)c1. The van der Waals surface area contributed by atoms with E-state index in [1.807, 2.05) is 57.2 Å². The van der Waals surface area contributed by atoms with Crippen molar-refractivity contribution in [2.45, 2.75) is 45.8 Å². The van der Waals surface area contributed by atoms with Crippen molar-refractivity contribution >= 4 is 50.7 Å². The third-order valence-electron chi connectivity index (χ3n) is 6.06. The van der Waals surface area contributed by atoms with E-state index in [0.717, 1.165) is 21.7 Å². The molecule has 0 heterocycles. The van der Waals surface area contributed by atoms with E-state index in [9.17, 15) is 18.0 Å². The largest absolute Gasteiger partial charge is 0.352 e. The molecular weight excluding hydrogens is 557 g/mol. The van der Waals surface area contributed by atoms with E-state index >= 15 is 0 Å². The Labute approximate surface area is 240 Å². The molecule has 7 nitrogen and oxygen atoms in total. The second-order valence-electron chi connectivity index (χ2n) is 9.70. The van der Waals surface area contributed by atoms with Gasteiger partial charge in [0.2, 0.25) is 21.8 Å². The first-order chi connectivity index (χ1) is 18.4. The molecule has 2 amide bonds. The Morgan fingerprint density at radius 2 is 1.54 bits per heavy atom. The number of rotatable bonds is 11. The van der Waals surface area contributed by atoms with Crippen LogP contribution in [-0.4, -0.2) is 50.0 Å². The lowest BCUT2D eigenvalue weighted by Crippen LogP contribution is -2.54. The Hall–Kier alpha value is -3.07. The number of aryl methyl sites for hydroxylation is 1. The third-order valence-corrected chi connectivity index (χ3v) is 7.91. The molecule has 10 heteroatoms. The molecule has 0 radical (unpaired) electrons. The third kappa shape index (κ3) is 8.46. The van der Waals surface area contributed by atoms with Gasteiger partial charge in [-0.15, -0.1) is 0 Å². The van der Waals surface area contributed by atoms with Crippen LogP contribution in [0.1, 0.15) is 30.5 Å². The summed E-state index contributed by atoms with van der Waals surface area (Å²) in [6, 6.07) is 20.0. The first-order valence-electron chi connectivity index (χ1n) is 12.5. The zero-order valence-electron chi connectivity index (χ0n) is 22.4. The summed E-state index contributed by atoms with van der Waals surface area (Å²) in [6.45, 7) is 4.90. The second-order valence-corrected chi connectivity index (χ2v) is 12.4. The molecule has 0 fully saturated rings.